The SMILES string of the molecule is CCCCCN[PH](=O)O. The number of hydrogen-bond acceptors (Lipinski definition) is 1. The maximum Gasteiger partial charge on any atom is 0.255 e. The largest absolute Gasteiger partial charge is 0.335 e. The minimum atomic E-state index is -2.42. The first-order chi connectivity index (χ1) is 4.27. The average Bonchev–Trinajstić information content (AvgIpc) is 1.80. The lowest BCUT2D eigenvalue weighted by Crippen LogP contribution is -2.03. The summed E-state index contributed by atoms with van der Waals surface area (Å²) in [7, 11) is -2.42. The second kappa shape index (κ2) is 6.27. The van der Waals surface area contributed by atoms with Crippen molar-refractivity contribution >= 4 is 8.18 Å². The minimum Gasteiger partial charge on any atom is -0.335 e. The molecule has 0 aromatic carbocycles. The summed E-state index contributed by atoms with van der Waals surface area (Å²) in [4.78, 5) is 8.29. The van der Waals surface area contributed by atoms with E-state index in [2.05, 4.69) is 12.0 Å². The molecule has 0 saturated heterocycles. The standard InChI is InChI=1S/C5H14NO2P/c1-2-3-4-5-6-9(7)8/h9H,2-5H2,1H3,(H2,6,7,8). The first-order valence-corrected chi connectivity index (χ1v) is 4.59. The molecule has 2 N–H and O–H groups in total. The topological polar surface area (TPSA) is 49.3 Å². The molecule has 0 aromatic rings. The van der Waals surface area contributed by atoms with Crippen LogP contribution in [0.2, 0.25) is 0 Å². The van der Waals surface area contributed by atoms with Crippen molar-refractivity contribution in [3.05, 3.63) is 0 Å². The van der Waals surface area contributed by atoms with E-state index in [1.807, 2.05) is 0 Å². The van der Waals surface area contributed by atoms with Crippen LogP contribution in [-0.4, -0.2) is 11.4 Å². The number of nitrogens with one attached hydrogen (secondary N) is 1. The summed E-state index contributed by atoms with van der Waals surface area (Å²) in [6, 6.07) is 0. The van der Waals surface area contributed by atoms with E-state index in [9.17, 15) is 4.57 Å². The first kappa shape index (κ1) is 9.15. The van der Waals surface area contributed by atoms with Gasteiger partial charge in [-0.05, 0) is 6.42 Å². The van der Waals surface area contributed by atoms with Crippen LogP contribution < -0.4 is 5.09 Å². The van der Waals surface area contributed by atoms with Crippen LogP contribution in [0.3, 0.4) is 0 Å². The number of unbranched alkanes of at least 4 members (excludes halogenated alkanes) is 2. The molecule has 0 heterocycles. The molecule has 1 atom stereocenters. The van der Waals surface area contributed by atoms with Crippen molar-refractivity contribution in [2.75, 3.05) is 6.54 Å². The van der Waals surface area contributed by atoms with Crippen LogP contribution in [0, 0.1) is 0 Å². The first-order valence-electron chi connectivity index (χ1n) is 3.24. The molecule has 9 heavy (non-hydrogen) atoms. The highest BCUT2D eigenvalue weighted by atomic mass is 31.1. The van der Waals surface area contributed by atoms with Gasteiger partial charge in [0.15, 0.2) is 0 Å². The van der Waals surface area contributed by atoms with Gasteiger partial charge in [0.1, 0.15) is 0 Å². The van der Waals surface area contributed by atoms with Gasteiger partial charge in [0.25, 0.3) is 8.18 Å². The van der Waals surface area contributed by atoms with Crippen molar-refractivity contribution in [3.8, 4) is 0 Å². The molecule has 0 aromatic heterocycles. The van der Waals surface area contributed by atoms with Crippen molar-refractivity contribution in [2.45, 2.75) is 26.2 Å². The predicted octanol–water partition coefficient (Wildman–Crippen LogP) is 1.15. The molecular formula is C5H14NO2P. The molecule has 0 amide bonds. The molecule has 0 aliphatic rings. The van der Waals surface area contributed by atoms with Gasteiger partial charge in [-0.25, -0.2) is 5.09 Å². The van der Waals surface area contributed by atoms with Crippen LogP contribution >= 0.6 is 8.18 Å². The van der Waals surface area contributed by atoms with Crippen molar-refractivity contribution in [1.82, 2.24) is 5.09 Å². The average molecular weight is 151 g/mol. The third-order valence-corrected chi connectivity index (χ3v) is 1.61. The molecule has 0 saturated carbocycles. The molecule has 0 aliphatic heterocycles. The normalized spacial score (nSPS) is 13.6. The fourth-order valence-corrected chi connectivity index (χ4v) is 0.961. The van der Waals surface area contributed by atoms with E-state index in [0.29, 0.717) is 6.54 Å². The lowest BCUT2D eigenvalue weighted by Gasteiger charge is -1.96. The quantitative estimate of drug-likeness (QED) is 0.457. The van der Waals surface area contributed by atoms with E-state index >= 15 is 0 Å². The lowest BCUT2D eigenvalue weighted by atomic mass is 10.3. The van der Waals surface area contributed by atoms with E-state index in [0.717, 1.165) is 19.3 Å². The summed E-state index contributed by atoms with van der Waals surface area (Å²) < 4.78 is 10.0. The highest BCUT2D eigenvalue weighted by molar-refractivity contribution is 7.35. The molecule has 4 heteroatoms. The Hall–Kier alpha value is 0.150. The number of rotatable bonds is 5. The van der Waals surface area contributed by atoms with Gasteiger partial charge >= 0.3 is 0 Å². The summed E-state index contributed by atoms with van der Waals surface area (Å²) in [6.07, 6.45) is 3.27. The monoisotopic (exact) mass is 151 g/mol. The fraction of sp³-hybridized carbons (Fsp3) is 1.00. The molecule has 0 spiro atoms. The summed E-state index contributed by atoms with van der Waals surface area (Å²) in [6.45, 7) is 2.77. The zero-order chi connectivity index (χ0) is 7.11. The van der Waals surface area contributed by atoms with Gasteiger partial charge in [0, 0.05) is 6.54 Å². The Morgan fingerprint density at radius 3 is 2.67 bits per heavy atom. The van der Waals surface area contributed by atoms with Crippen LogP contribution in [0.25, 0.3) is 0 Å². The molecule has 0 bridgehead atoms. The van der Waals surface area contributed by atoms with Crippen molar-refractivity contribution in [3.63, 3.8) is 0 Å². The van der Waals surface area contributed by atoms with Crippen LogP contribution in [0.15, 0.2) is 0 Å². The molecule has 0 rings (SSSR count). The molecule has 1 unspecified atom stereocenters. The molecule has 0 fully saturated rings. The highest BCUT2D eigenvalue weighted by Crippen LogP contribution is 2.04. The molecular weight excluding hydrogens is 137 g/mol. The minimum absolute atomic E-state index is 0.669. The predicted molar refractivity (Wildman–Crippen MR) is 38.7 cm³/mol. The van der Waals surface area contributed by atoms with Crippen LogP contribution in [0.5, 0.6) is 0 Å². The Kier molecular flexibility index (Phi) is 6.38. The molecule has 0 aliphatic carbocycles. The smallest absolute Gasteiger partial charge is 0.255 e. The highest BCUT2D eigenvalue weighted by Gasteiger charge is 1.88. The number of hydrogen-bond donors (Lipinski definition) is 2. The third-order valence-electron chi connectivity index (χ3n) is 1.06. The third kappa shape index (κ3) is 8.15. The van der Waals surface area contributed by atoms with Gasteiger partial charge in [0.2, 0.25) is 0 Å². The van der Waals surface area contributed by atoms with Crippen LogP contribution in [-0.2, 0) is 4.57 Å². The molecule has 56 valence electrons. The Morgan fingerprint density at radius 1 is 1.56 bits per heavy atom. The van der Waals surface area contributed by atoms with Gasteiger partial charge in [-0.3, -0.25) is 4.57 Å². The fourth-order valence-electron chi connectivity index (χ4n) is 0.570. The molecule has 0 radical (unpaired) electrons. The van der Waals surface area contributed by atoms with E-state index in [1.54, 1.807) is 0 Å². The maximum atomic E-state index is 10.0. The second-order valence-corrected chi connectivity index (χ2v) is 2.90. The Labute approximate surface area is 56.4 Å². The van der Waals surface area contributed by atoms with Crippen molar-refractivity contribution < 1.29 is 9.46 Å². The van der Waals surface area contributed by atoms with Crippen LogP contribution in [0.1, 0.15) is 26.2 Å². The Morgan fingerprint density at radius 2 is 2.22 bits per heavy atom. The second-order valence-electron chi connectivity index (χ2n) is 1.94. The zero-order valence-corrected chi connectivity index (χ0v) is 6.68. The van der Waals surface area contributed by atoms with Gasteiger partial charge in [-0.1, -0.05) is 19.8 Å². The Balaban J connectivity index is 2.83. The summed E-state index contributed by atoms with van der Waals surface area (Å²) in [5.74, 6) is 0. The van der Waals surface area contributed by atoms with Gasteiger partial charge in [-0.2, -0.15) is 0 Å². The van der Waals surface area contributed by atoms with Gasteiger partial charge < -0.3 is 4.89 Å². The summed E-state index contributed by atoms with van der Waals surface area (Å²) >= 11 is 0. The van der Waals surface area contributed by atoms with E-state index in [-0.39, 0.29) is 0 Å². The van der Waals surface area contributed by atoms with Crippen LogP contribution in [0.4, 0.5) is 0 Å². The maximum absolute atomic E-state index is 10.0. The summed E-state index contributed by atoms with van der Waals surface area (Å²) in [5.41, 5.74) is 0. The zero-order valence-electron chi connectivity index (χ0n) is 5.68. The Bertz CT molecular complexity index is 87.0. The van der Waals surface area contributed by atoms with Gasteiger partial charge in [-0.15, -0.1) is 0 Å². The van der Waals surface area contributed by atoms with Crippen molar-refractivity contribution in [2.24, 2.45) is 0 Å². The van der Waals surface area contributed by atoms with Crippen molar-refractivity contribution in [1.29, 1.82) is 0 Å². The van der Waals surface area contributed by atoms with E-state index in [4.69, 9.17) is 4.89 Å². The lowest BCUT2D eigenvalue weighted by molar-refractivity contribution is 0.487. The van der Waals surface area contributed by atoms with Gasteiger partial charge in [0.05, 0.1) is 0 Å². The summed E-state index contributed by atoms with van der Waals surface area (Å²) in [5, 5.41) is 2.48. The van der Waals surface area contributed by atoms with E-state index < -0.39 is 8.18 Å². The molecule has 3 nitrogen and oxygen atoms in total. The van der Waals surface area contributed by atoms with E-state index in [1.165, 1.54) is 0 Å².